The predicted molar refractivity (Wildman–Crippen MR) is 91.8 cm³/mol. The first-order valence-corrected chi connectivity index (χ1v) is 9.23. The first kappa shape index (κ1) is 21.8. The van der Waals surface area contributed by atoms with E-state index in [0.717, 1.165) is 16.4 Å². The summed E-state index contributed by atoms with van der Waals surface area (Å²) < 4.78 is 53.0. The highest BCUT2D eigenvalue weighted by Crippen LogP contribution is 2.26. The van der Waals surface area contributed by atoms with Crippen LogP contribution in [0.3, 0.4) is 0 Å². The van der Waals surface area contributed by atoms with Gasteiger partial charge in [-0.25, -0.2) is 17.2 Å². The molecular formula is C15H22ClF2N3O3S. The van der Waals surface area contributed by atoms with Crippen LogP contribution in [-0.4, -0.2) is 44.8 Å². The Morgan fingerprint density at radius 1 is 1.28 bits per heavy atom. The molecule has 1 amide bonds. The molecule has 0 radical (unpaired) electrons. The fourth-order valence-electron chi connectivity index (χ4n) is 2.63. The lowest BCUT2D eigenvalue weighted by Gasteiger charge is -2.30. The number of nitrogens with two attached hydrogens (primary N) is 1. The first-order valence-electron chi connectivity index (χ1n) is 7.79. The van der Waals surface area contributed by atoms with Crippen LogP contribution in [0, 0.1) is 17.6 Å². The first-order chi connectivity index (χ1) is 11.4. The number of hydrogen-bond donors (Lipinski definition) is 2. The van der Waals surface area contributed by atoms with Crippen molar-refractivity contribution in [2.45, 2.75) is 24.2 Å². The molecule has 0 spiro atoms. The second-order valence-corrected chi connectivity index (χ2v) is 7.59. The zero-order valence-electron chi connectivity index (χ0n) is 13.6. The molecule has 0 bridgehead atoms. The molecule has 142 valence electrons. The topological polar surface area (TPSA) is 92.5 Å². The quantitative estimate of drug-likeness (QED) is 0.706. The molecule has 3 N–H and O–H groups in total. The van der Waals surface area contributed by atoms with Crippen LogP contribution in [0.4, 0.5) is 8.78 Å². The number of sulfonamides is 1. The Morgan fingerprint density at radius 3 is 2.52 bits per heavy atom. The van der Waals surface area contributed by atoms with Gasteiger partial charge < -0.3 is 11.1 Å². The summed E-state index contributed by atoms with van der Waals surface area (Å²) in [6.07, 6.45) is 1.35. The normalized spacial score (nSPS) is 16.3. The van der Waals surface area contributed by atoms with Gasteiger partial charge in [0.05, 0.1) is 0 Å². The monoisotopic (exact) mass is 397 g/mol. The maximum atomic E-state index is 13.8. The fraction of sp³-hybridized carbons (Fsp3) is 0.533. The van der Waals surface area contributed by atoms with Crippen molar-refractivity contribution < 1.29 is 22.0 Å². The SMILES string of the molecule is Cl.NCCCNC(=O)C1CCN(S(=O)(=O)c2cc(F)ccc2F)CC1. The van der Waals surface area contributed by atoms with Crippen LogP contribution in [0.15, 0.2) is 23.1 Å². The number of carbonyl (C=O) groups excluding carboxylic acids is 1. The Morgan fingerprint density at radius 2 is 1.92 bits per heavy atom. The smallest absolute Gasteiger partial charge is 0.246 e. The molecule has 1 aliphatic heterocycles. The minimum atomic E-state index is -4.12. The molecule has 1 fully saturated rings. The maximum absolute atomic E-state index is 13.8. The molecule has 25 heavy (non-hydrogen) atoms. The number of nitrogens with one attached hydrogen (secondary N) is 1. The number of piperidine rings is 1. The zero-order chi connectivity index (χ0) is 17.7. The van der Waals surface area contributed by atoms with E-state index in [1.807, 2.05) is 0 Å². The summed E-state index contributed by atoms with van der Waals surface area (Å²) in [5.41, 5.74) is 5.36. The van der Waals surface area contributed by atoms with Crippen LogP contribution in [0.25, 0.3) is 0 Å². The number of carbonyl (C=O) groups is 1. The summed E-state index contributed by atoms with van der Waals surface area (Å²) in [6.45, 7) is 1.15. The van der Waals surface area contributed by atoms with Gasteiger partial charge in [0.25, 0.3) is 0 Å². The third kappa shape index (κ3) is 5.34. The minimum absolute atomic E-state index is 0. The van der Waals surface area contributed by atoms with Crippen LogP contribution in [-0.2, 0) is 14.8 Å². The summed E-state index contributed by atoms with van der Waals surface area (Å²) in [7, 11) is -4.12. The van der Waals surface area contributed by atoms with Gasteiger partial charge in [-0.15, -0.1) is 12.4 Å². The van der Waals surface area contributed by atoms with Gasteiger partial charge in [0.1, 0.15) is 16.5 Å². The van der Waals surface area contributed by atoms with Crippen LogP contribution in [0.5, 0.6) is 0 Å². The van der Waals surface area contributed by atoms with Crippen molar-refractivity contribution >= 4 is 28.3 Å². The molecule has 1 aliphatic rings. The third-order valence-electron chi connectivity index (χ3n) is 4.02. The maximum Gasteiger partial charge on any atom is 0.246 e. The Labute approximate surface area is 152 Å². The van der Waals surface area contributed by atoms with E-state index in [4.69, 9.17) is 5.73 Å². The Balaban J connectivity index is 0.00000312. The average molecular weight is 398 g/mol. The van der Waals surface area contributed by atoms with E-state index >= 15 is 0 Å². The largest absolute Gasteiger partial charge is 0.356 e. The van der Waals surface area contributed by atoms with Gasteiger partial charge in [0.15, 0.2) is 0 Å². The van der Waals surface area contributed by atoms with Gasteiger partial charge in [0.2, 0.25) is 15.9 Å². The molecular weight excluding hydrogens is 376 g/mol. The lowest BCUT2D eigenvalue weighted by atomic mass is 9.97. The summed E-state index contributed by atoms with van der Waals surface area (Å²) in [4.78, 5) is 11.3. The molecule has 10 heteroatoms. The van der Waals surface area contributed by atoms with E-state index in [1.165, 1.54) is 0 Å². The number of amides is 1. The van der Waals surface area contributed by atoms with Crippen LogP contribution in [0.2, 0.25) is 0 Å². The van der Waals surface area contributed by atoms with Crippen molar-refractivity contribution in [2.24, 2.45) is 11.7 Å². The number of hydrogen-bond acceptors (Lipinski definition) is 4. The number of nitrogens with zero attached hydrogens (tertiary/aromatic N) is 1. The van der Waals surface area contributed by atoms with Crippen molar-refractivity contribution in [1.29, 1.82) is 0 Å². The number of benzene rings is 1. The molecule has 0 saturated carbocycles. The Hall–Kier alpha value is -1.29. The summed E-state index contributed by atoms with van der Waals surface area (Å²) >= 11 is 0. The van der Waals surface area contributed by atoms with E-state index in [0.29, 0.717) is 38.4 Å². The lowest BCUT2D eigenvalue weighted by molar-refractivity contribution is -0.126. The van der Waals surface area contributed by atoms with Gasteiger partial charge in [-0.1, -0.05) is 0 Å². The van der Waals surface area contributed by atoms with Crippen LogP contribution < -0.4 is 11.1 Å². The molecule has 6 nitrogen and oxygen atoms in total. The van der Waals surface area contributed by atoms with Crippen molar-refractivity contribution in [2.75, 3.05) is 26.2 Å². The van der Waals surface area contributed by atoms with Gasteiger partial charge in [0, 0.05) is 25.6 Å². The second kappa shape index (κ2) is 9.42. The average Bonchev–Trinajstić information content (AvgIpc) is 2.57. The zero-order valence-corrected chi connectivity index (χ0v) is 15.2. The second-order valence-electron chi connectivity index (χ2n) is 5.69. The molecule has 1 heterocycles. The summed E-state index contributed by atoms with van der Waals surface area (Å²) in [5.74, 6) is -2.22. The van der Waals surface area contributed by atoms with Gasteiger partial charge in [-0.05, 0) is 44.0 Å². The summed E-state index contributed by atoms with van der Waals surface area (Å²) in [5, 5.41) is 2.76. The highest BCUT2D eigenvalue weighted by atomic mass is 35.5. The Bertz CT molecular complexity index is 695. The molecule has 1 saturated heterocycles. The highest BCUT2D eigenvalue weighted by molar-refractivity contribution is 7.89. The number of rotatable bonds is 6. The summed E-state index contributed by atoms with van der Waals surface area (Å²) in [6, 6.07) is 2.34. The standard InChI is InChI=1S/C15H21F2N3O3S.ClH/c16-12-2-3-13(17)14(10-12)24(22,23)20-8-4-11(5-9-20)15(21)19-7-1-6-18;/h2-3,10-11H,1,4-9,18H2,(H,19,21);1H. The predicted octanol–water partition coefficient (Wildman–Crippen LogP) is 1.25. The van der Waals surface area contributed by atoms with E-state index in [9.17, 15) is 22.0 Å². The van der Waals surface area contributed by atoms with E-state index in [1.54, 1.807) is 0 Å². The van der Waals surface area contributed by atoms with Crippen molar-refractivity contribution in [3.8, 4) is 0 Å². The molecule has 0 atom stereocenters. The van der Waals surface area contributed by atoms with E-state index in [-0.39, 0.29) is 37.3 Å². The van der Waals surface area contributed by atoms with Gasteiger partial charge >= 0.3 is 0 Å². The van der Waals surface area contributed by atoms with Gasteiger partial charge in [-0.3, -0.25) is 4.79 Å². The molecule has 1 aromatic carbocycles. The highest BCUT2D eigenvalue weighted by Gasteiger charge is 2.33. The molecule has 0 unspecified atom stereocenters. The van der Waals surface area contributed by atoms with Gasteiger partial charge in [-0.2, -0.15) is 4.31 Å². The molecule has 0 aliphatic carbocycles. The fourth-order valence-corrected chi connectivity index (χ4v) is 4.18. The minimum Gasteiger partial charge on any atom is -0.356 e. The molecule has 1 aromatic rings. The van der Waals surface area contributed by atoms with Crippen molar-refractivity contribution in [3.63, 3.8) is 0 Å². The molecule has 0 aromatic heterocycles. The van der Waals surface area contributed by atoms with Crippen LogP contribution in [0.1, 0.15) is 19.3 Å². The van der Waals surface area contributed by atoms with Crippen LogP contribution >= 0.6 is 12.4 Å². The van der Waals surface area contributed by atoms with E-state index in [2.05, 4.69) is 5.32 Å². The third-order valence-corrected chi connectivity index (χ3v) is 5.93. The van der Waals surface area contributed by atoms with E-state index < -0.39 is 26.6 Å². The van der Waals surface area contributed by atoms with Crippen molar-refractivity contribution in [1.82, 2.24) is 9.62 Å². The Kier molecular flexibility index (Phi) is 8.20. The number of halogens is 3. The molecule has 2 rings (SSSR count). The lowest BCUT2D eigenvalue weighted by Crippen LogP contribution is -2.43. The van der Waals surface area contributed by atoms with Crippen molar-refractivity contribution in [3.05, 3.63) is 29.8 Å².